The second-order valence-corrected chi connectivity index (χ2v) is 2.76. The second kappa shape index (κ2) is 6.14. The molecule has 1 saturated heterocycles. The summed E-state index contributed by atoms with van der Waals surface area (Å²) < 4.78 is 0. The molecule has 0 amide bonds. The van der Waals surface area contributed by atoms with E-state index in [0.717, 1.165) is 13.1 Å². The maximum Gasteiger partial charge on any atom is 0.0831 e. The monoisotopic (exact) mass is 198 g/mol. The van der Waals surface area contributed by atoms with Gasteiger partial charge < -0.3 is 15.3 Å². The molecule has 70 valence electrons. The summed E-state index contributed by atoms with van der Waals surface area (Å²) >= 11 is 0. The Kier molecular flexibility index (Phi) is 7.88. The minimum atomic E-state index is -0.181. The maximum absolute atomic E-state index is 9.26. The Morgan fingerprint density at radius 2 is 1.82 bits per heavy atom. The molecule has 0 unspecified atom stereocenters. The summed E-state index contributed by atoms with van der Waals surface area (Å²) in [6.45, 7) is 1.65. The molecule has 11 heavy (non-hydrogen) atoms. The lowest BCUT2D eigenvalue weighted by molar-refractivity contribution is 0.114. The topological polar surface area (TPSA) is 35.5 Å². The van der Waals surface area contributed by atoms with Crippen molar-refractivity contribution >= 4 is 27.0 Å². The lowest BCUT2D eigenvalue weighted by Crippen LogP contribution is -2.37. The number of aliphatic hydroxyl groups is 1. The highest BCUT2D eigenvalue weighted by Crippen LogP contribution is 2.03. The molecule has 1 aliphatic heterocycles. The van der Waals surface area contributed by atoms with Gasteiger partial charge in [-0.25, -0.2) is 0 Å². The smallest absolute Gasteiger partial charge is 0.0831 e. The number of nitrogens with zero attached hydrogens (tertiary/aromatic N) is 1. The standard InChI is InChI=1S/C6H14N2O.2H2S/c1-8(2)5-3-7-4-6(5)9;;/h5-7,9H,3-4H2,1-2H3;2*1H2/t5-,6-;;/m0../s1. The molecule has 0 aromatic carbocycles. The fourth-order valence-corrected chi connectivity index (χ4v) is 1.18. The van der Waals surface area contributed by atoms with Crippen LogP contribution in [0, 0.1) is 0 Å². The molecule has 1 aliphatic rings. The lowest BCUT2D eigenvalue weighted by atomic mass is 10.2. The highest BCUT2D eigenvalue weighted by Gasteiger charge is 2.25. The molecule has 1 rings (SSSR count). The molecule has 2 atom stereocenters. The normalized spacial score (nSPS) is 29.5. The van der Waals surface area contributed by atoms with Crippen molar-refractivity contribution < 1.29 is 5.11 Å². The molecule has 0 aromatic rings. The summed E-state index contributed by atoms with van der Waals surface area (Å²) in [4.78, 5) is 2.05. The summed E-state index contributed by atoms with van der Waals surface area (Å²) in [5.74, 6) is 0. The third-order valence-corrected chi connectivity index (χ3v) is 1.81. The van der Waals surface area contributed by atoms with E-state index in [2.05, 4.69) is 5.32 Å². The molecule has 0 aliphatic carbocycles. The minimum absolute atomic E-state index is 0. The third kappa shape index (κ3) is 3.66. The van der Waals surface area contributed by atoms with Crippen LogP contribution < -0.4 is 5.32 Å². The van der Waals surface area contributed by atoms with Crippen molar-refractivity contribution in [3.63, 3.8) is 0 Å². The first-order valence-corrected chi connectivity index (χ1v) is 3.27. The van der Waals surface area contributed by atoms with Gasteiger partial charge in [0.05, 0.1) is 6.10 Å². The van der Waals surface area contributed by atoms with Gasteiger partial charge >= 0.3 is 0 Å². The van der Waals surface area contributed by atoms with E-state index in [-0.39, 0.29) is 33.1 Å². The molecule has 0 aromatic heterocycles. The molecule has 3 nitrogen and oxygen atoms in total. The van der Waals surface area contributed by atoms with Crippen molar-refractivity contribution in [1.82, 2.24) is 10.2 Å². The van der Waals surface area contributed by atoms with Gasteiger partial charge in [0.1, 0.15) is 0 Å². The number of rotatable bonds is 1. The summed E-state index contributed by atoms with van der Waals surface area (Å²) in [5, 5.41) is 12.4. The second-order valence-electron chi connectivity index (χ2n) is 2.76. The van der Waals surface area contributed by atoms with E-state index in [1.165, 1.54) is 0 Å². The molecule has 0 saturated carbocycles. The van der Waals surface area contributed by atoms with Crippen LogP contribution in [0.15, 0.2) is 0 Å². The van der Waals surface area contributed by atoms with Crippen LogP contribution in [0.25, 0.3) is 0 Å². The largest absolute Gasteiger partial charge is 0.390 e. The Morgan fingerprint density at radius 1 is 1.27 bits per heavy atom. The van der Waals surface area contributed by atoms with Crippen molar-refractivity contribution in [2.45, 2.75) is 12.1 Å². The first-order valence-electron chi connectivity index (χ1n) is 3.27. The van der Waals surface area contributed by atoms with E-state index >= 15 is 0 Å². The zero-order valence-corrected chi connectivity index (χ0v) is 8.96. The zero-order valence-electron chi connectivity index (χ0n) is 6.96. The van der Waals surface area contributed by atoms with Crippen molar-refractivity contribution in [2.24, 2.45) is 0 Å². The molecular formula is C6H18N2OS2. The molecule has 5 heteroatoms. The summed E-state index contributed by atoms with van der Waals surface area (Å²) in [7, 11) is 3.97. The Balaban J connectivity index is 0. The SMILES string of the molecule is CN(C)[C@H]1CNC[C@@H]1O.S.S. The average molecular weight is 198 g/mol. The van der Waals surface area contributed by atoms with Gasteiger partial charge in [-0.1, -0.05) is 0 Å². The van der Waals surface area contributed by atoms with Gasteiger partial charge in [-0.2, -0.15) is 27.0 Å². The summed E-state index contributed by atoms with van der Waals surface area (Å²) in [6.07, 6.45) is -0.181. The van der Waals surface area contributed by atoms with Gasteiger partial charge in [-0.15, -0.1) is 0 Å². The first-order chi connectivity index (χ1) is 4.22. The van der Waals surface area contributed by atoms with E-state index in [0.29, 0.717) is 6.04 Å². The highest BCUT2D eigenvalue weighted by molar-refractivity contribution is 7.59. The molecule has 1 fully saturated rings. The van der Waals surface area contributed by atoms with Gasteiger partial charge in [0.2, 0.25) is 0 Å². The van der Waals surface area contributed by atoms with Crippen LogP contribution in [0.5, 0.6) is 0 Å². The van der Waals surface area contributed by atoms with Gasteiger partial charge in [-0.3, -0.25) is 0 Å². The van der Waals surface area contributed by atoms with E-state index in [9.17, 15) is 5.11 Å². The first kappa shape index (κ1) is 14.1. The predicted octanol–water partition coefficient (Wildman–Crippen LogP) is -0.894. The lowest BCUT2D eigenvalue weighted by Gasteiger charge is -2.20. The van der Waals surface area contributed by atoms with Crippen LogP contribution in [0.2, 0.25) is 0 Å². The van der Waals surface area contributed by atoms with E-state index in [1.54, 1.807) is 0 Å². The highest BCUT2D eigenvalue weighted by atomic mass is 32.1. The van der Waals surface area contributed by atoms with Crippen LogP contribution in [0.3, 0.4) is 0 Å². The maximum atomic E-state index is 9.26. The zero-order chi connectivity index (χ0) is 6.85. The van der Waals surface area contributed by atoms with E-state index < -0.39 is 0 Å². The average Bonchev–Trinajstić information content (AvgIpc) is 2.13. The van der Waals surface area contributed by atoms with Crippen LogP contribution in [0.4, 0.5) is 0 Å². The Bertz CT molecular complexity index is 103. The van der Waals surface area contributed by atoms with Crippen LogP contribution in [-0.4, -0.2) is 49.3 Å². The van der Waals surface area contributed by atoms with Crippen LogP contribution in [0.1, 0.15) is 0 Å². The summed E-state index contributed by atoms with van der Waals surface area (Å²) in [5.41, 5.74) is 0. The Hall–Kier alpha value is 0.580. The van der Waals surface area contributed by atoms with Gasteiger partial charge in [0, 0.05) is 19.1 Å². The number of β-amino-alcohol motifs (C(OH)–C–C–N with tert-alkyl or cyclic N) is 1. The Labute approximate surface area is 82.0 Å². The summed E-state index contributed by atoms with van der Waals surface area (Å²) in [6, 6.07) is 0.310. The van der Waals surface area contributed by atoms with Crippen molar-refractivity contribution in [3.05, 3.63) is 0 Å². The fourth-order valence-electron chi connectivity index (χ4n) is 1.18. The number of nitrogens with one attached hydrogen (secondary N) is 1. The molecular weight excluding hydrogens is 180 g/mol. The number of likely N-dealkylation sites (N-methyl/N-ethyl adjacent to an activating group) is 1. The molecule has 0 radical (unpaired) electrons. The van der Waals surface area contributed by atoms with E-state index in [4.69, 9.17) is 0 Å². The molecule has 0 spiro atoms. The quantitative estimate of drug-likeness (QED) is 0.574. The van der Waals surface area contributed by atoms with Gasteiger partial charge in [0.25, 0.3) is 0 Å². The molecule has 1 heterocycles. The van der Waals surface area contributed by atoms with Crippen LogP contribution in [-0.2, 0) is 0 Å². The van der Waals surface area contributed by atoms with Crippen LogP contribution >= 0.6 is 27.0 Å². The van der Waals surface area contributed by atoms with Crippen molar-refractivity contribution in [3.8, 4) is 0 Å². The third-order valence-electron chi connectivity index (χ3n) is 1.81. The minimum Gasteiger partial charge on any atom is -0.390 e. The molecule has 2 N–H and O–H groups in total. The fraction of sp³-hybridized carbons (Fsp3) is 1.00. The van der Waals surface area contributed by atoms with Crippen molar-refractivity contribution in [2.75, 3.05) is 27.2 Å². The number of hydrogen-bond acceptors (Lipinski definition) is 3. The predicted molar refractivity (Wildman–Crippen MR) is 57.1 cm³/mol. The Morgan fingerprint density at radius 3 is 2.00 bits per heavy atom. The van der Waals surface area contributed by atoms with Crippen molar-refractivity contribution in [1.29, 1.82) is 0 Å². The number of aliphatic hydroxyl groups excluding tert-OH is 1. The van der Waals surface area contributed by atoms with Gasteiger partial charge in [0.15, 0.2) is 0 Å². The molecule has 0 bridgehead atoms. The van der Waals surface area contributed by atoms with Gasteiger partial charge in [-0.05, 0) is 14.1 Å². The van der Waals surface area contributed by atoms with E-state index in [1.807, 2.05) is 19.0 Å². The number of hydrogen-bond donors (Lipinski definition) is 2.